The van der Waals surface area contributed by atoms with Crippen molar-refractivity contribution < 1.29 is 4.79 Å². The molecule has 1 aliphatic carbocycles. The molecule has 1 heterocycles. The van der Waals surface area contributed by atoms with Crippen molar-refractivity contribution in [2.75, 3.05) is 13.2 Å². The van der Waals surface area contributed by atoms with Gasteiger partial charge in [-0.3, -0.25) is 10.1 Å². The Labute approximate surface area is 65.2 Å². The van der Waals surface area contributed by atoms with Crippen LogP contribution >= 0.6 is 0 Å². The summed E-state index contributed by atoms with van der Waals surface area (Å²) in [7, 11) is 0. The van der Waals surface area contributed by atoms with E-state index in [1.807, 2.05) is 6.08 Å². The van der Waals surface area contributed by atoms with Gasteiger partial charge in [-0.05, 0) is 12.2 Å². The van der Waals surface area contributed by atoms with Crippen LogP contribution in [0.1, 0.15) is 0 Å². The van der Waals surface area contributed by atoms with Gasteiger partial charge in [0.2, 0.25) is 0 Å². The van der Waals surface area contributed by atoms with Crippen LogP contribution in [0, 0.1) is 5.92 Å². The van der Waals surface area contributed by atoms with E-state index in [9.17, 15) is 4.79 Å². The van der Waals surface area contributed by atoms with E-state index in [0.29, 0.717) is 0 Å². The molecule has 58 valence electrons. The molecule has 0 aromatic heterocycles. The van der Waals surface area contributed by atoms with Gasteiger partial charge in [-0.25, -0.2) is 0 Å². The van der Waals surface area contributed by atoms with Crippen molar-refractivity contribution in [3.63, 3.8) is 0 Å². The molecule has 2 N–H and O–H groups in total. The van der Waals surface area contributed by atoms with Gasteiger partial charge in [-0.15, -0.1) is 0 Å². The standard InChI is InChI=1S/C8H10N2O/c11-8-3-1-2-7-6(8)4-9-5-10-7/h1-3,6,9-10H,4-5H2. The number of fused-ring (bicyclic) bond motifs is 1. The maximum atomic E-state index is 11.2. The highest BCUT2D eigenvalue weighted by atomic mass is 16.1. The van der Waals surface area contributed by atoms with Gasteiger partial charge >= 0.3 is 0 Å². The second kappa shape index (κ2) is 2.51. The first kappa shape index (κ1) is 6.61. The zero-order valence-electron chi connectivity index (χ0n) is 6.13. The molecule has 11 heavy (non-hydrogen) atoms. The zero-order chi connectivity index (χ0) is 7.68. The minimum atomic E-state index is 0.0359. The quantitative estimate of drug-likeness (QED) is 0.501. The van der Waals surface area contributed by atoms with Crippen molar-refractivity contribution in [2.24, 2.45) is 5.92 Å². The van der Waals surface area contributed by atoms with Crippen molar-refractivity contribution in [1.29, 1.82) is 0 Å². The topological polar surface area (TPSA) is 41.1 Å². The summed E-state index contributed by atoms with van der Waals surface area (Å²) < 4.78 is 0. The van der Waals surface area contributed by atoms with Crippen LogP contribution in [0.4, 0.5) is 0 Å². The SMILES string of the molecule is O=C1C=CC=C2NCNCC12. The molecule has 2 aliphatic rings. The van der Waals surface area contributed by atoms with E-state index in [-0.39, 0.29) is 11.7 Å². The average Bonchev–Trinajstić information content (AvgIpc) is 2.06. The van der Waals surface area contributed by atoms with E-state index >= 15 is 0 Å². The van der Waals surface area contributed by atoms with E-state index < -0.39 is 0 Å². The highest BCUT2D eigenvalue weighted by molar-refractivity contribution is 5.95. The van der Waals surface area contributed by atoms with Crippen LogP contribution in [0.15, 0.2) is 23.9 Å². The predicted octanol–water partition coefficient (Wildman–Crippen LogP) is -0.224. The zero-order valence-corrected chi connectivity index (χ0v) is 6.13. The Bertz CT molecular complexity index is 242. The summed E-state index contributed by atoms with van der Waals surface area (Å²) in [6, 6.07) is 0. The maximum absolute atomic E-state index is 11.2. The van der Waals surface area contributed by atoms with Crippen molar-refractivity contribution in [1.82, 2.24) is 10.6 Å². The molecule has 0 bridgehead atoms. The van der Waals surface area contributed by atoms with E-state index in [4.69, 9.17) is 0 Å². The van der Waals surface area contributed by atoms with Gasteiger partial charge in [0.25, 0.3) is 0 Å². The molecule has 3 heteroatoms. The fourth-order valence-electron chi connectivity index (χ4n) is 1.41. The molecule has 1 saturated heterocycles. The van der Waals surface area contributed by atoms with Crippen LogP contribution in [0.3, 0.4) is 0 Å². The molecule has 1 fully saturated rings. The number of hydrogen-bond donors (Lipinski definition) is 2. The molecule has 0 aromatic carbocycles. The van der Waals surface area contributed by atoms with Crippen LogP contribution < -0.4 is 10.6 Å². The first-order chi connectivity index (χ1) is 5.38. The molecule has 0 spiro atoms. The molecule has 2 rings (SSSR count). The fraction of sp³-hybridized carbons (Fsp3) is 0.375. The Balaban J connectivity index is 2.25. The van der Waals surface area contributed by atoms with Crippen LogP contribution in [-0.2, 0) is 4.79 Å². The Morgan fingerprint density at radius 2 is 2.45 bits per heavy atom. The van der Waals surface area contributed by atoms with Crippen molar-refractivity contribution >= 4 is 5.78 Å². The number of nitrogens with one attached hydrogen (secondary N) is 2. The predicted molar refractivity (Wildman–Crippen MR) is 41.7 cm³/mol. The lowest BCUT2D eigenvalue weighted by Crippen LogP contribution is -2.45. The van der Waals surface area contributed by atoms with Crippen LogP contribution in [0.5, 0.6) is 0 Å². The van der Waals surface area contributed by atoms with Gasteiger partial charge in [0.05, 0.1) is 12.6 Å². The Hall–Kier alpha value is -1.09. The largest absolute Gasteiger partial charge is 0.375 e. The van der Waals surface area contributed by atoms with E-state index in [2.05, 4.69) is 10.6 Å². The van der Waals surface area contributed by atoms with Gasteiger partial charge in [0.1, 0.15) is 0 Å². The summed E-state index contributed by atoms with van der Waals surface area (Å²) in [6.07, 6.45) is 5.39. The van der Waals surface area contributed by atoms with Gasteiger partial charge in [-0.1, -0.05) is 6.08 Å². The van der Waals surface area contributed by atoms with Gasteiger partial charge in [-0.2, -0.15) is 0 Å². The molecular weight excluding hydrogens is 140 g/mol. The van der Waals surface area contributed by atoms with E-state index in [1.54, 1.807) is 12.2 Å². The van der Waals surface area contributed by atoms with Crippen LogP contribution in [-0.4, -0.2) is 19.0 Å². The van der Waals surface area contributed by atoms with Crippen molar-refractivity contribution in [3.05, 3.63) is 23.9 Å². The number of hydrogen-bond acceptors (Lipinski definition) is 3. The number of carbonyl (C=O) groups is 1. The summed E-state index contributed by atoms with van der Waals surface area (Å²) in [5.74, 6) is 0.232. The highest BCUT2D eigenvalue weighted by Crippen LogP contribution is 2.15. The minimum absolute atomic E-state index is 0.0359. The summed E-state index contributed by atoms with van der Waals surface area (Å²) in [5.41, 5.74) is 1.05. The third-order valence-corrected chi connectivity index (χ3v) is 2.02. The van der Waals surface area contributed by atoms with Crippen LogP contribution in [0.25, 0.3) is 0 Å². The van der Waals surface area contributed by atoms with Gasteiger partial charge < -0.3 is 5.32 Å². The molecule has 3 nitrogen and oxygen atoms in total. The minimum Gasteiger partial charge on any atom is -0.375 e. The van der Waals surface area contributed by atoms with E-state index in [1.165, 1.54) is 0 Å². The lowest BCUT2D eigenvalue weighted by molar-refractivity contribution is -0.117. The second-order valence-corrected chi connectivity index (χ2v) is 2.74. The Morgan fingerprint density at radius 1 is 1.55 bits per heavy atom. The van der Waals surface area contributed by atoms with E-state index in [0.717, 1.165) is 18.9 Å². The summed E-state index contributed by atoms with van der Waals surface area (Å²) in [6.45, 7) is 1.53. The molecular formula is C8H10N2O. The van der Waals surface area contributed by atoms with Gasteiger partial charge in [0, 0.05) is 12.2 Å². The first-order valence-corrected chi connectivity index (χ1v) is 3.74. The number of ketones is 1. The summed E-state index contributed by atoms with van der Waals surface area (Å²) >= 11 is 0. The molecule has 1 unspecified atom stereocenters. The molecule has 0 saturated carbocycles. The maximum Gasteiger partial charge on any atom is 0.165 e. The molecule has 0 amide bonds. The Morgan fingerprint density at radius 3 is 3.27 bits per heavy atom. The Kier molecular flexibility index (Phi) is 1.51. The van der Waals surface area contributed by atoms with Crippen molar-refractivity contribution in [2.45, 2.75) is 0 Å². The highest BCUT2D eigenvalue weighted by Gasteiger charge is 2.24. The molecule has 1 atom stereocenters. The fourth-order valence-corrected chi connectivity index (χ4v) is 1.41. The summed E-state index contributed by atoms with van der Waals surface area (Å²) in [4.78, 5) is 11.2. The first-order valence-electron chi connectivity index (χ1n) is 3.74. The number of carbonyl (C=O) groups excluding carboxylic acids is 1. The number of rotatable bonds is 0. The third-order valence-electron chi connectivity index (χ3n) is 2.02. The lowest BCUT2D eigenvalue weighted by atomic mass is 9.94. The number of allylic oxidation sites excluding steroid dienone is 3. The van der Waals surface area contributed by atoms with Crippen LogP contribution in [0.2, 0.25) is 0 Å². The summed E-state index contributed by atoms with van der Waals surface area (Å²) in [5, 5.41) is 6.24. The normalized spacial score (nSPS) is 28.9. The second-order valence-electron chi connectivity index (χ2n) is 2.74. The molecule has 0 radical (unpaired) electrons. The monoisotopic (exact) mass is 150 g/mol. The average molecular weight is 150 g/mol. The smallest absolute Gasteiger partial charge is 0.165 e. The van der Waals surface area contributed by atoms with Gasteiger partial charge in [0.15, 0.2) is 5.78 Å². The lowest BCUT2D eigenvalue weighted by Gasteiger charge is -2.27. The van der Waals surface area contributed by atoms with Crippen molar-refractivity contribution in [3.8, 4) is 0 Å². The molecule has 0 aromatic rings. The molecule has 1 aliphatic heterocycles. The third kappa shape index (κ3) is 1.07.